The minimum Gasteiger partial charge on any atom is -0.503 e. The largest absolute Gasteiger partial charge is 0.503 e. The van der Waals surface area contributed by atoms with Crippen molar-refractivity contribution >= 4 is 11.7 Å². The number of benzene rings is 2. The summed E-state index contributed by atoms with van der Waals surface area (Å²) in [7, 11) is 0. The molecule has 2 heterocycles. The second-order valence-corrected chi connectivity index (χ2v) is 9.24. The van der Waals surface area contributed by atoms with Crippen molar-refractivity contribution in [3.05, 3.63) is 101 Å². The molecule has 1 N–H and O–H groups in total. The van der Waals surface area contributed by atoms with Crippen LogP contribution in [0.15, 0.2) is 82.5 Å². The smallest absolute Gasteiger partial charge is 0.290 e. The Morgan fingerprint density at radius 3 is 2.54 bits per heavy atom. The van der Waals surface area contributed by atoms with Gasteiger partial charge >= 0.3 is 0 Å². The quantitative estimate of drug-likeness (QED) is 0.375. The number of aryl methyl sites for hydroxylation is 1. The number of furan rings is 1. The highest BCUT2D eigenvalue weighted by Crippen LogP contribution is 2.40. The third-order valence-electron chi connectivity index (χ3n) is 6.13. The first-order valence-electron chi connectivity index (χ1n) is 12.0. The van der Waals surface area contributed by atoms with Gasteiger partial charge in [-0.05, 0) is 61.1 Å². The lowest BCUT2D eigenvalue weighted by Gasteiger charge is -2.27. The van der Waals surface area contributed by atoms with Crippen LogP contribution < -0.4 is 4.74 Å². The van der Waals surface area contributed by atoms with Crippen LogP contribution in [0.25, 0.3) is 0 Å². The van der Waals surface area contributed by atoms with Gasteiger partial charge < -0.3 is 19.2 Å². The number of amides is 1. The van der Waals surface area contributed by atoms with Crippen LogP contribution >= 0.6 is 0 Å². The van der Waals surface area contributed by atoms with Crippen LogP contribution in [0.5, 0.6) is 5.75 Å². The summed E-state index contributed by atoms with van der Waals surface area (Å²) < 4.78 is 11.5. The first-order valence-corrected chi connectivity index (χ1v) is 12.0. The van der Waals surface area contributed by atoms with Crippen LogP contribution in [0.2, 0.25) is 0 Å². The lowest BCUT2D eigenvalue weighted by atomic mass is 9.94. The molecule has 0 radical (unpaired) electrons. The van der Waals surface area contributed by atoms with E-state index in [0.717, 1.165) is 12.0 Å². The average Bonchev–Trinajstić information content (AvgIpc) is 3.39. The third kappa shape index (κ3) is 5.48. The highest BCUT2D eigenvalue weighted by molar-refractivity contribution is 6.15. The first-order chi connectivity index (χ1) is 16.8. The Kier molecular flexibility index (Phi) is 7.39. The van der Waals surface area contributed by atoms with Crippen molar-refractivity contribution in [1.29, 1.82) is 0 Å². The summed E-state index contributed by atoms with van der Waals surface area (Å²) in [4.78, 5) is 28.2. The standard InChI is InChI=1S/C29H31NO5/c1-19(2)15-17-34-23-11-7-10-22(18-23)26-25(27(31)24-13-12-20(3)35-24)28(32)29(33)30(26)16-14-21-8-5-4-6-9-21/h4-13,18-19,26,32H,14-17H2,1-3H3. The SMILES string of the molecule is Cc1ccc(C(=O)C2=C(O)C(=O)N(CCc3ccccc3)C2c2cccc(OCCC(C)C)c2)o1. The maximum atomic E-state index is 13.4. The normalized spacial score (nSPS) is 15.8. The van der Waals surface area contributed by atoms with Crippen LogP contribution in [0.1, 0.15) is 53.8 Å². The molecule has 2 aromatic carbocycles. The monoisotopic (exact) mass is 473 g/mol. The van der Waals surface area contributed by atoms with Crippen molar-refractivity contribution in [3.8, 4) is 5.75 Å². The van der Waals surface area contributed by atoms with Crippen molar-refractivity contribution in [2.24, 2.45) is 5.92 Å². The number of Topliss-reactive ketones (excluding diaryl/α,β-unsaturated/α-hetero) is 1. The molecule has 0 saturated carbocycles. The highest BCUT2D eigenvalue weighted by atomic mass is 16.5. The Morgan fingerprint density at radius 1 is 1.09 bits per heavy atom. The van der Waals surface area contributed by atoms with Gasteiger partial charge in [0, 0.05) is 6.54 Å². The minimum absolute atomic E-state index is 0.0248. The Hall–Kier alpha value is -3.80. The molecule has 35 heavy (non-hydrogen) atoms. The fraction of sp³-hybridized carbons (Fsp3) is 0.310. The second-order valence-electron chi connectivity index (χ2n) is 9.24. The van der Waals surface area contributed by atoms with E-state index in [1.54, 1.807) is 24.0 Å². The van der Waals surface area contributed by atoms with Crippen LogP contribution in [0, 0.1) is 12.8 Å². The molecular weight excluding hydrogens is 442 g/mol. The summed E-state index contributed by atoms with van der Waals surface area (Å²) in [6.07, 6.45) is 1.50. The van der Waals surface area contributed by atoms with Gasteiger partial charge in [-0.2, -0.15) is 0 Å². The predicted molar refractivity (Wildman–Crippen MR) is 133 cm³/mol. The molecule has 0 saturated heterocycles. The molecule has 1 aromatic heterocycles. The topological polar surface area (TPSA) is 80.0 Å². The first kappa shape index (κ1) is 24.3. The van der Waals surface area contributed by atoms with E-state index in [1.807, 2.05) is 54.6 Å². The lowest BCUT2D eigenvalue weighted by molar-refractivity contribution is -0.129. The highest BCUT2D eigenvalue weighted by Gasteiger charge is 2.44. The number of hydrogen-bond acceptors (Lipinski definition) is 5. The van der Waals surface area contributed by atoms with E-state index in [4.69, 9.17) is 9.15 Å². The zero-order valence-corrected chi connectivity index (χ0v) is 20.4. The molecule has 1 unspecified atom stereocenters. The Bertz CT molecular complexity index is 1220. The summed E-state index contributed by atoms with van der Waals surface area (Å²) in [5.41, 5.74) is 1.78. The number of carbonyl (C=O) groups is 2. The average molecular weight is 474 g/mol. The number of aliphatic hydroxyl groups is 1. The van der Waals surface area contributed by atoms with Gasteiger partial charge in [-0.1, -0.05) is 56.3 Å². The maximum Gasteiger partial charge on any atom is 0.290 e. The zero-order valence-electron chi connectivity index (χ0n) is 20.4. The van der Waals surface area contributed by atoms with Crippen LogP contribution in [-0.4, -0.2) is 34.8 Å². The van der Waals surface area contributed by atoms with E-state index in [9.17, 15) is 14.7 Å². The molecule has 1 amide bonds. The Balaban J connectivity index is 1.68. The van der Waals surface area contributed by atoms with Gasteiger partial charge in [-0.25, -0.2) is 0 Å². The van der Waals surface area contributed by atoms with E-state index in [0.29, 0.717) is 42.6 Å². The van der Waals surface area contributed by atoms with E-state index < -0.39 is 23.5 Å². The molecular formula is C29H31NO5. The molecule has 0 aliphatic carbocycles. The summed E-state index contributed by atoms with van der Waals surface area (Å²) in [6, 6.07) is 19.7. The van der Waals surface area contributed by atoms with Gasteiger partial charge in [0.05, 0.1) is 18.2 Å². The van der Waals surface area contributed by atoms with Gasteiger partial charge in [0.1, 0.15) is 11.5 Å². The molecule has 0 bridgehead atoms. The van der Waals surface area contributed by atoms with Crippen molar-refractivity contribution in [2.45, 2.75) is 39.7 Å². The number of carbonyl (C=O) groups excluding carboxylic acids is 2. The molecule has 182 valence electrons. The Labute approximate surface area is 205 Å². The van der Waals surface area contributed by atoms with Gasteiger partial charge in [0.25, 0.3) is 5.91 Å². The van der Waals surface area contributed by atoms with Crippen LogP contribution in [0.3, 0.4) is 0 Å². The lowest BCUT2D eigenvalue weighted by Crippen LogP contribution is -2.33. The molecule has 1 aliphatic rings. The van der Waals surface area contributed by atoms with Gasteiger partial charge in [-0.3, -0.25) is 9.59 Å². The molecule has 4 rings (SSSR count). The van der Waals surface area contributed by atoms with Crippen molar-refractivity contribution in [1.82, 2.24) is 4.90 Å². The molecule has 6 heteroatoms. The maximum absolute atomic E-state index is 13.4. The number of ketones is 1. The minimum atomic E-state index is -0.752. The molecule has 1 atom stereocenters. The number of aliphatic hydroxyl groups excluding tert-OH is 1. The summed E-state index contributed by atoms with van der Waals surface area (Å²) in [5, 5.41) is 10.9. The molecule has 3 aromatic rings. The summed E-state index contributed by atoms with van der Waals surface area (Å²) >= 11 is 0. The molecule has 0 fully saturated rings. The number of ether oxygens (including phenoxy) is 1. The van der Waals surface area contributed by atoms with Crippen molar-refractivity contribution in [3.63, 3.8) is 0 Å². The number of hydrogen-bond donors (Lipinski definition) is 1. The van der Waals surface area contributed by atoms with Crippen molar-refractivity contribution in [2.75, 3.05) is 13.2 Å². The van der Waals surface area contributed by atoms with E-state index in [1.165, 1.54) is 0 Å². The van der Waals surface area contributed by atoms with Crippen molar-refractivity contribution < 1.29 is 23.8 Å². The molecule has 0 spiro atoms. The fourth-order valence-corrected chi connectivity index (χ4v) is 4.23. The zero-order chi connectivity index (χ0) is 24.9. The van der Waals surface area contributed by atoms with E-state index >= 15 is 0 Å². The van der Waals surface area contributed by atoms with Crippen LogP contribution in [0.4, 0.5) is 0 Å². The molecule has 1 aliphatic heterocycles. The van der Waals surface area contributed by atoms with Gasteiger partial charge in [-0.15, -0.1) is 0 Å². The number of nitrogens with zero attached hydrogens (tertiary/aromatic N) is 1. The third-order valence-corrected chi connectivity index (χ3v) is 6.13. The molecule has 6 nitrogen and oxygen atoms in total. The van der Waals surface area contributed by atoms with Gasteiger partial charge in [0.15, 0.2) is 11.5 Å². The van der Waals surface area contributed by atoms with E-state index in [-0.39, 0.29) is 11.3 Å². The van der Waals surface area contributed by atoms with E-state index in [2.05, 4.69) is 13.8 Å². The predicted octanol–water partition coefficient (Wildman–Crippen LogP) is 5.83. The fourth-order valence-electron chi connectivity index (χ4n) is 4.23. The van der Waals surface area contributed by atoms with Crippen LogP contribution in [-0.2, 0) is 11.2 Å². The second kappa shape index (κ2) is 10.6. The number of rotatable bonds is 10. The summed E-state index contributed by atoms with van der Waals surface area (Å²) in [6.45, 7) is 6.92. The Morgan fingerprint density at radius 2 is 1.86 bits per heavy atom. The van der Waals surface area contributed by atoms with Gasteiger partial charge in [0.2, 0.25) is 5.78 Å². The summed E-state index contributed by atoms with van der Waals surface area (Å²) in [5.74, 6) is 0.247.